The van der Waals surface area contributed by atoms with Crippen LogP contribution in [0.25, 0.3) is 0 Å². The van der Waals surface area contributed by atoms with Gasteiger partial charge in [0, 0.05) is 0 Å². The number of carbonyl (C=O) groups is 1. The number of rotatable bonds is 6. The summed E-state index contributed by atoms with van der Waals surface area (Å²) >= 11 is 0. The monoisotopic (exact) mass is 250 g/mol. The van der Waals surface area contributed by atoms with E-state index in [0.717, 1.165) is 0 Å². The molecule has 18 heavy (non-hydrogen) atoms. The number of aliphatic hydroxyl groups is 1. The summed E-state index contributed by atoms with van der Waals surface area (Å²) in [7, 11) is 0. The Morgan fingerprint density at radius 2 is 2.11 bits per heavy atom. The summed E-state index contributed by atoms with van der Waals surface area (Å²) in [5.41, 5.74) is 1.40. The Balaban J connectivity index is 3.04. The second-order valence-corrected chi connectivity index (χ2v) is 3.86. The number of benzene rings is 1. The van der Waals surface area contributed by atoms with Gasteiger partial charge in [0.2, 0.25) is 0 Å². The highest BCUT2D eigenvalue weighted by Gasteiger charge is 2.17. The molecule has 0 aromatic heterocycles. The van der Waals surface area contributed by atoms with Gasteiger partial charge in [0.1, 0.15) is 5.75 Å². The number of hydrogen-bond acceptors (Lipinski definition) is 4. The number of ether oxygens (including phenoxy) is 1. The molecule has 98 valence electrons. The van der Waals surface area contributed by atoms with Gasteiger partial charge in [0.05, 0.1) is 18.8 Å². The predicted molar refractivity (Wildman–Crippen MR) is 68.5 cm³/mol. The normalized spacial score (nSPS) is 10.1. The molecule has 0 bridgehead atoms. The third-order valence-corrected chi connectivity index (χ3v) is 2.60. The van der Waals surface area contributed by atoms with E-state index in [1.807, 2.05) is 6.92 Å². The minimum absolute atomic E-state index is 0.0403. The number of hydrogen-bond donors (Lipinski definition) is 2. The quantitative estimate of drug-likeness (QED) is 0.461. The summed E-state index contributed by atoms with van der Waals surface area (Å²) < 4.78 is 5.09. The molecule has 1 aromatic carbocycles. The number of aliphatic hydroxyl groups excluding tert-OH is 1. The number of esters is 1. The van der Waals surface area contributed by atoms with Crippen LogP contribution in [-0.2, 0) is 17.8 Å². The van der Waals surface area contributed by atoms with E-state index in [4.69, 9.17) is 4.74 Å². The molecule has 0 fully saturated rings. The summed E-state index contributed by atoms with van der Waals surface area (Å²) in [6.45, 7) is 5.37. The van der Waals surface area contributed by atoms with Gasteiger partial charge in [-0.1, -0.05) is 13.0 Å². The molecule has 0 spiro atoms. The standard InChI is InChI=1S/C14H18O4/c1-3-5-6-18-14(17)13-10(4-2)7-12(16)8-11(13)9-15/h3,7-8,15-16H,1,4-6,9H2,2H3. The third-order valence-electron chi connectivity index (χ3n) is 2.60. The average molecular weight is 250 g/mol. The SMILES string of the molecule is C=CCCOC(=O)c1c(CC)cc(O)cc1CO. The fourth-order valence-corrected chi connectivity index (χ4v) is 1.72. The summed E-state index contributed by atoms with van der Waals surface area (Å²) in [4.78, 5) is 11.9. The predicted octanol–water partition coefficient (Wildman–Crippen LogP) is 2.18. The Bertz CT molecular complexity index is 412. The molecule has 0 saturated carbocycles. The van der Waals surface area contributed by atoms with Gasteiger partial charge >= 0.3 is 5.97 Å². The minimum atomic E-state index is -0.474. The molecule has 0 unspecified atom stereocenters. The molecule has 2 N–H and O–H groups in total. The molecule has 0 atom stereocenters. The van der Waals surface area contributed by atoms with Crippen LogP contribution in [0.2, 0.25) is 0 Å². The van der Waals surface area contributed by atoms with Crippen molar-refractivity contribution in [3.05, 3.63) is 41.5 Å². The van der Waals surface area contributed by atoms with Crippen molar-refractivity contribution < 1.29 is 19.7 Å². The Hall–Kier alpha value is -1.81. The van der Waals surface area contributed by atoms with Crippen LogP contribution in [0.3, 0.4) is 0 Å². The highest BCUT2D eigenvalue weighted by Crippen LogP contribution is 2.23. The van der Waals surface area contributed by atoms with Crippen molar-refractivity contribution in [1.29, 1.82) is 0 Å². The molecule has 0 aliphatic rings. The average Bonchev–Trinajstić information content (AvgIpc) is 2.37. The highest BCUT2D eigenvalue weighted by atomic mass is 16.5. The van der Waals surface area contributed by atoms with Crippen molar-refractivity contribution in [2.75, 3.05) is 6.61 Å². The van der Waals surface area contributed by atoms with E-state index in [0.29, 0.717) is 29.5 Å². The lowest BCUT2D eigenvalue weighted by molar-refractivity contribution is 0.0507. The number of phenolic OH excluding ortho intramolecular Hbond substituents is 1. The first-order chi connectivity index (χ1) is 8.63. The fourth-order valence-electron chi connectivity index (χ4n) is 1.72. The molecule has 0 amide bonds. The molecular weight excluding hydrogens is 232 g/mol. The molecule has 0 saturated heterocycles. The van der Waals surface area contributed by atoms with E-state index in [1.54, 1.807) is 6.08 Å². The van der Waals surface area contributed by atoms with Crippen molar-refractivity contribution in [3.8, 4) is 5.75 Å². The zero-order valence-electron chi connectivity index (χ0n) is 10.5. The lowest BCUT2D eigenvalue weighted by Gasteiger charge is -2.12. The van der Waals surface area contributed by atoms with Gasteiger partial charge in [-0.05, 0) is 36.1 Å². The largest absolute Gasteiger partial charge is 0.508 e. The van der Waals surface area contributed by atoms with Crippen molar-refractivity contribution in [2.45, 2.75) is 26.4 Å². The second-order valence-electron chi connectivity index (χ2n) is 3.86. The molecule has 0 heterocycles. The van der Waals surface area contributed by atoms with Gasteiger partial charge in [-0.25, -0.2) is 4.79 Å². The summed E-state index contributed by atoms with van der Waals surface area (Å²) in [6.07, 6.45) is 2.82. The molecule has 0 radical (unpaired) electrons. The van der Waals surface area contributed by atoms with E-state index >= 15 is 0 Å². The first-order valence-corrected chi connectivity index (χ1v) is 5.87. The Morgan fingerprint density at radius 3 is 2.67 bits per heavy atom. The Morgan fingerprint density at radius 1 is 1.44 bits per heavy atom. The minimum Gasteiger partial charge on any atom is -0.508 e. The summed E-state index contributed by atoms with van der Waals surface area (Å²) in [5, 5.41) is 18.7. The molecule has 0 aliphatic heterocycles. The van der Waals surface area contributed by atoms with Gasteiger partial charge in [-0.15, -0.1) is 6.58 Å². The first-order valence-electron chi connectivity index (χ1n) is 5.87. The molecule has 4 nitrogen and oxygen atoms in total. The van der Waals surface area contributed by atoms with Crippen molar-refractivity contribution in [2.24, 2.45) is 0 Å². The van der Waals surface area contributed by atoms with Gasteiger partial charge in [-0.3, -0.25) is 0 Å². The van der Waals surface area contributed by atoms with E-state index in [1.165, 1.54) is 12.1 Å². The van der Waals surface area contributed by atoms with Crippen LogP contribution in [0.5, 0.6) is 5.75 Å². The van der Waals surface area contributed by atoms with Crippen LogP contribution in [0, 0.1) is 0 Å². The first kappa shape index (κ1) is 14.3. The van der Waals surface area contributed by atoms with Crippen LogP contribution in [0.15, 0.2) is 24.8 Å². The highest BCUT2D eigenvalue weighted by molar-refractivity contribution is 5.93. The summed E-state index contributed by atoms with van der Waals surface area (Å²) in [6, 6.07) is 2.90. The lowest BCUT2D eigenvalue weighted by Crippen LogP contribution is -2.12. The van der Waals surface area contributed by atoms with E-state index in [2.05, 4.69) is 6.58 Å². The Kier molecular flexibility index (Phi) is 5.39. The van der Waals surface area contributed by atoms with E-state index < -0.39 is 5.97 Å². The van der Waals surface area contributed by atoms with Crippen LogP contribution < -0.4 is 0 Å². The number of phenols is 1. The maximum absolute atomic E-state index is 11.9. The van der Waals surface area contributed by atoms with Gasteiger partial charge < -0.3 is 14.9 Å². The van der Waals surface area contributed by atoms with Crippen LogP contribution in [0.1, 0.15) is 34.8 Å². The van der Waals surface area contributed by atoms with Crippen molar-refractivity contribution >= 4 is 5.97 Å². The van der Waals surface area contributed by atoms with Crippen LogP contribution in [-0.4, -0.2) is 22.8 Å². The van der Waals surface area contributed by atoms with Gasteiger partial charge in [0.15, 0.2) is 0 Å². The smallest absolute Gasteiger partial charge is 0.338 e. The van der Waals surface area contributed by atoms with Crippen molar-refractivity contribution in [1.82, 2.24) is 0 Å². The maximum atomic E-state index is 11.9. The summed E-state index contributed by atoms with van der Waals surface area (Å²) in [5.74, 6) is -0.434. The molecule has 1 aromatic rings. The van der Waals surface area contributed by atoms with E-state index in [-0.39, 0.29) is 19.0 Å². The lowest BCUT2D eigenvalue weighted by atomic mass is 9.99. The maximum Gasteiger partial charge on any atom is 0.338 e. The van der Waals surface area contributed by atoms with E-state index in [9.17, 15) is 15.0 Å². The van der Waals surface area contributed by atoms with Gasteiger partial charge in [-0.2, -0.15) is 0 Å². The Labute approximate surface area is 107 Å². The van der Waals surface area contributed by atoms with Crippen LogP contribution >= 0.6 is 0 Å². The fraction of sp³-hybridized carbons (Fsp3) is 0.357. The second kappa shape index (κ2) is 6.81. The topological polar surface area (TPSA) is 66.8 Å². The third kappa shape index (κ3) is 3.34. The number of carbonyl (C=O) groups excluding carboxylic acids is 1. The zero-order valence-corrected chi connectivity index (χ0v) is 10.5. The number of aryl methyl sites for hydroxylation is 1. The number of aromatic hydroxyl groups is 1. The van der Waals surface area contributed by atoms with Crippen LogP contribution in [0.4, 0.5) is 0 Å². The van der Waals surface area contributed by atoms with Crippen molar-refractivity contribution in [3.63, 3.8) is 0 Å². The molecule has 1 rings (SSSR count). The molecular formula is C14H18O4. The zero-order chi connectivity index (χ0) is 13.5. The molecule has 4 heteroatoms. The van der Waals surface area contributed by atoms with Gasteiger partial charge in [0.25, 0.3) is 0 Å². The molecule has 0 aliphatic carbocycles.